The minimum absolute atomic E-state index is 0.0107. The Morgan fingerprint density at radius 2 is 1.69 bits per heavy atom. The van der Waals surface area contributed by atoms with Gasteiger partial charge in [-0.15, -0.1) is 0 Å². The Bertz CT molecular complexity index is 1020. The molecule has 0 spiro atoms. The van der Waals surface area contributed by atoms with E-state index in [9.17, 15) is 9.59 Å². The molecule has 2 heterocycles. The van der Waals surface area contributed by atoms with Crippen molar-refractivity contribution in [3.63, 3.8) is 0 Å². The summed E-state index contributed by atoms with van der Waals surface area (Å²) in [6, 6.07) is 20.1. The number of hydrogen-bond acceptors (Lipinski definition) is 6. The van der Waals surface area contributed by atoms with Crippen molar-refractivity contribution in [3.8, 4) is 0 Å². The molecule has 35 heavy (non-hydrogen) atoms. The summed E-state index contributed by atoms with van der Waals surface area (Å²) in [7, 11) is 0. The maximum absolute atomic E-state index is 13.5. The lowest BCUT2D eigenvalue weighted by molar-refractivity contribution is -0.152. The molecule has 2 saturated heterocycles. The summed E-state index contributed by atoms with van der Waals surface area (Å²) in [5.41, 5.74) is 1.58. The summed E-state index contributed by atoms with van der Waals surface area (Å²) >= 11 is 0. The predicted molar refractivity (Wildman–Crippen MR) is 132 cm³/mol. The molecule has 0 unspecified atom stereocenters. The first-order valence-corrected chi connectivity index (χ1v) is 12.2. The van der Waals surface area contributed by atoms with Crippen molar-refractivity contribution in [1.82, 2.24) is 9.80 Å². The molecule has 7 heteroatoms. The van der Waals surface area contributed by atoms with E-state index in [-0.39, 0.29) is 37.1 Å². The lowest BCUT2D eigenvalue weighted by Crippen LogP contribution is -2.49. The molecule has 3 atom stereocenters. The average Bonchev–Trinajstić information content (AvgIpc) is 3.33. The summed E-state index contributed by atoms with van der Waals surface area (Å²) in [6.45, 7) is 10.7. The summed E-state index contributed by atoms with van der Waals surface area (Å²) in [5, 5.41) is 0. The van der Waals surface area contributed by atoms with Gasteiger partial charge in [-0.1, -0.05) is 60.7 Å². The van der Waals surface area contributed by atoms with E-state index >= 15 is 0 Å². The van der Waals surface area contributed by atoms with Gasteiger partial charge in [-0.05, 0) is 45.7 Å². The number of ether oxygens (including phenoxy) is 3. The van der Waals surface area contributed by atoms with Gasteiger partial charge in [-0.25, -0.2) is 9.69 Å². The van der Waals surface area contributed by atoms with Crippen LogP contribution < -0.4 is 0 Å². The number of nitrogens with zero attached hydrogens (tertiary/aromatic N) is 2. The number of rotatable bonds is 8. The zero-order valence-corrected chi connectivity index (χ0v) is 21.3. The van der Waals surface area contributed by atoms with E-state index in [4.69, 9.17) is 14.2 Å². The third kappa shape index (κ3) is 6.10. The third-order valence-electron chi connectivity index (χ3n) is 6.68. The highest BCUT2D eigenvalue weighted by Gasteiger charge is 2.46. The average molecular weight is 481 g/mol. The van der Waals surface area contributed by atoms with Gasteiger partial charge in [0, 0.05) is 25.0 Å². The van der Waals surface area contributed by atoms with E-state index in [0.29, 0.717) is 13.2 Å². The van der Waals surface area contributed by atoms with Crippen molar-refractivity contribution in [2.45, 2.75) is 77.2 Å². The SMILES string of the molecule is C[C@@H](c1ccccc1)N(Cc1ccccc1)[C@H](CC(=O)N1CC(C)(C)OC1=O)[C@H]1COC(C)(C)O1. The van der Waals surface area contributed by atoms with Gasteiger partial charge in [-0.2, -0.15) is 0 Å². The largest absolute Gasteiger partial charge is 0.441 e. The molecule has 2 aliphatic rings. The van der Waals surface area contributed by atoms with Crippen molar-refractivity contribution in [3.05, 3.63) is 71.8 Å². The zero-order chi connectivity index (χ0) is 25.2. The highest BCUT2D eigenvalue weighted by molar-refractivity contribution is 5.93. The van der Waals surface area contributed by atoms with Gasteiger partial charge < -0.3 is 14.2 Å². The number of carbonyl (C=O) groups is 2. The molecule has 0 radical (unpaired) electrons. The fraction of sp³-hybridized carbons (Fsp3) is 0.500. The quantitative estimate of drug-likeness (QED) is 0.534. The second-order valence-corrected chi connectivity index (χ2v) is 10.5. The lowest BCUT2D eigenvalue weighted by Gasteiger charge is -2.39. The van der Waals surface area contributed by atoms with E-state index < -0.39 is 17.5 Å². The Kier molecular flexibility index (Phi) is 7.31. The normalized spacial score (nSPS) is 22.7. The van der Waals surface area contributed by atoms with Crippen molar-refractivity contribution in [2.24, 2.45) is 0 Å². The number of carbonyl (C=O) groups excluding carboxylic acids is 2. The van der Waals surface area contributed by atoms with E-state index in [1.54, 1.807) is 0 Å². The maximum Gasteiger partial charge on any atom is 0.417 e. The molecule has 2 amide bonds. The standard InChI is InChI=1S/C28H36N2O5/c1-20(22-14-10-7-11-15-22)29(17-21-12-8-6-9-13-21)23(24-18-33-28(4,5)34-24)16-25(31)30-19-27(2,3)35-26(30)32/h6-15,20,23-24H,16-19H2,1-5H3/t20-,23+,24+/m0/s1. The van der Waals surface area contributed by atoms with Crippen LogP contribution in [0.25, 0.3) is 0 Å². The van der Waals surface area contributed by atoms with Crippen LogP contribution in [-0.4, -0.2) is 58.5 Å². The first-order chi connectivity index (χ1) is 16.5. The van der Waals surface area contributed by atoms with E-state index in [1.807, 2.05) is 64.1 Å². The van der Waals surface area contributed by atoms with Crippen LogP contribution in [0.1, 0.15) is 58.2 Å². The van der Waals surface area contributed by atoms with Crippen molar-refractivity contribution in [1.29, 1.82) is 0 Å². The molecule has 0 N–H and O–H groups in total. The van der Waals surface area contributed by atoms with Crippen LogP contribution in [0.2, 0.25) is 0 Å². The Morgan fingerprint density at radius 1 is 1.06 bits per heavy atom. The molecule has 0 aromatic heterocycles. The van der Waals surface area contributed by atoms with Crippen LogP contribution in [0.15, 0.2) is 60.7 Å². The summed E-state index contributed by atoms with van der Waals surface area (Å²) < 4.78 is 17.6. The van der Waals surface area contributed by atoms with Gasteiger partial charge in [0.05, 0.1) is 13.2 Å². The minimum Gasteiger partial charge on any atom is -0.441 e. The van der Waals surface area contributed by atoms with E-state index in [1.165, 1.54) is 4.90 Å². The Morgan fingerprint density at radius 3 is 2.23 bits per heavy atom. The molecular weight excluding hydrogens is 444 g/mol. The number of cyclic esters (lactones) is 1. The van der Waals surface area contributed by atoms with Crippen LogP contribution in [0.5, 0.6) is 0 Å². The highest BCUT2D eigenvalue weighted by Crippen LogP contribution is 2.34. The van der Waals surface area contributed by atoms with Crippen LogP contribution in [-0.2, 0) is 25.5 Å². The molecule has 2 aromatic carbocycles. The molecule has 2 aliphatic heterocycles. The lowest BCUT2D eigenvalue weighted by atomic mass is 9.98. The highest BCUT2D eigenvalue weighted by atomic mass is 16.7. The van der Waals surface area contributed by atoms with Crippen LogP contribution in [0.3, 0.4) is 0 Å². The number of amides is 2. The topological polar surface area (TPSA) is 68.3 Å². The Labute approximate surface area is 207 Å². The van der Waals surface area contributed by atoms with Gasteiger partial charge in [0.15, 0.2) is 5.79 Å². The smallest absolute Gasteiger partial charge is 0.417 e. The monoisotopic (exact) mass is 480 g/mol. The molecule has 2 fully saturated rings. The second-order valence-electron chi connectivity index (χ2n) is 10.5. The first kappa shape index (κ1) is 25.4. The van der Waals surface area contributed by atoms with Crippen molar-refractivity contribution in [2.75, 3.05) is 13.2 Å². The second kappa shape index (κ2) is 10.1. The Hall–Kier alpha value is -2.74. The minimum atomic E-state index is -0.741. The first-order valence-electron chi connectivity index (χ1n) is 12.2. The zero-order valence-electron chi connectivity index (χ0n) is 21.3. The fourth-order valence-corrected chi connectivity index (χ4v) is 4.87. The molecule has 7 nitrogen and oxygen atoms in total. The van der Waals surface area contributed by atoms with Crippen molar-refractivity contribution < 1.29 is 23.8 Å². The van der Waals surface area contributed by atoms with E-state index in [0.717, 1.165) is 11.1 Å². The maximum atomic E-state index is 13.5. The van der Waals surface area contributed by atoms with Gasteiger partial charge in [0.25, 0.3) is 0 Å². The van der Waals surface area contributed by atoms with Crippen LogP contribution >= 0.6 is 0 Å². The van der Waals surface area contributed by atoms with Crippen molar-refractivity contribution >= 4 is 12.0 Å². The summed E-state index contributed by atoms with van der Waals surface area (Å²) in [4.78, 5) is 29.5. The number of benzene rings is 2. The van der Waals surface area contributed by atoms with Crippen LogP contribution in [0.4, 0.5) is 4.79 Å². The predicted octanol–water partition coefficient (Wildman–Crippen LogP) is 4.92. The molecule has 4 rings (SSSR count). The third-order valence-corrected chi connectivity index (χ3v) is 6.68. The molecular formula is C28H36N2O5. The molecule has 0 saturated carbocycles. The van der Waals surface area contributed by atoms with Gasteiger partial charge in [0.2, 0.25) is 5.91 Å². The molecule has 188 valence electrons. The van der Waals surface area contributed by atoms with Crippen LogP contribution in [0, 0.1) is 0 Å². The summed E-state index contributed by atoms with van der Waals surface area (Å²) in [5.74, 6) is -1.01. The van der Waals surface area contributed by atoms with Gasteiger partial charge in [-0.3, -0.25) is 9.69 Å². The molecule has 2 aromatic rings. The van der Waals surface area contributed by atoms with E-state index in [2.05, 4.69) is 36.1 Å². The Balaban J connectivity index is 1.68. The van der Waals surface area contributed by atoms with Gasteiger partial charge in [0.1, 0.15) is 11.7 Å². The number of imide groups is 1. The molecule has 0 bridgehead atoms. The number of hydrogen-bond donors (Lipinski definition) is 0. The summed E-state index contributed by atoms with van der Waals surface area (Å²) in [6.07, 6.45) is -0.817. The van der Waals surface area contributed by atoms with Gasteiger partial charge >= 0.3 is 6.09 Å². The molecule has 0 aliphatic carbocycles. The fourth-order valence-electron chi connectivity index (χ4n) is 4.87.